The van der Waals surface area contributed by atoms with Crippen molar-refractivity contribution in [2.24, 2.45) is 0 Å². The summed E-state index contributed by atoms with van der Waals surface area (Å²) < 4.78 is 11.1. The van der Waals surface area contributed by atoms with Gasteiger partial charge in [0.25, 0.3) is 5.91 Å². The topological polar surface area (TPSA) is 71.1 Å². The maximum Gasteiger partial charge on any atom is 0.251 e. The molecule has 2 N–H and O–H groups in total. The highest BCUT2D eigenvalue weighted by molar-refractivity contribution is 7.84. The van der Waals surface area contributed by atoms with Gasteiger partial charge in [0, 0.05) is 47.2 Å². The SMILES string of the molecule is CCCc1cc(C(=O)NC(C)CCS(C)=O)cc(NC)n1. The lowest BCUT2D eigenvalue weighted by molar-refractivity contribution is 0.0939. The lowest BCUT2D eigenvalue weighted by Gasteiger charge is -2.14. The molecule has 0 spiro atoms. The normalized spacial score (nSPS) is 13.5. The number of aromatic nitrogens is 1. The van der Waals surface area contributed by atoms with Gasteiger partial charge in [0.1, 0.15) is 5.82 Å². The van der Waals surface area contributed by atoms with Crippen LogP contribution in [0.3, 0.4) is 0 Å². The number of hydrogen-bond acceptors (Lipinski definition) is 4. The van der Waals surface area contributed by atoms with Crippen LogP contribution in [-0.2, 0) is 17.2 Å². The highest BCUT2D eigenvalue weighted by atomic mass is 32.2. The van der Waals surface area contributed by atoms with Gasteiger partial charge in [-0.1, -0.05) is 13.3 Å². The number of rotatable bonds is 8. The van der Waals surface area contributed by atoms with Gasteiger partial charge in [0.15, 0.2) is 0 Å². The molecule has 1 aromatic heterocycles. The maximum atomic E-state index is 12.3. The van der Waals surface area contributed by atoms with Gasteiger partial charge in [0.2, 0.25) is 0 Å². The van der Waals surface area contributed by atoms with E-state index in [2.05, 4.69) is 22.5 Å². The van der Waals surface area contributed by atoms with Crippen LogP contribution in [0.15, 0.2) is 12.1 Å². The number of hydrogen-bond donors (Lipinski definition) is 2. The molecular weight excluding hydrogens is 286 g/mol. The second kappa shape index (κ2) is 8.77. The van der Waals surface area contributed by atoms with Crippen molar-refractivity contribution in [3.63, 3.8) is 0 Å². The Hall–Kier alpha value is -1.43. The Labute approximate surface area is 129 Å². The summed E-state index contributed by atoms with van der Waals surface area (Å²) in [5, 5.41) is 5.93. The minimum Gasteiger partial charge on any atom is -0.373 e. The minimum absolute atomic E-state index is 0.00206. The molecule has 0 radical (unpaired) electrons. The van der Waals surface area contributed by atoms with Gasteiger partial charge in [-0.2, -0.15) is 0 Å². The zero-order chi connectivity index (χ0) is 15.8. The molecule has 0 fully saturated rings. The molecule has 5 nitrogen and oxygen atoms in total. The second-order valence-corrected chi connectivity index (χ2v) is 6.73. The zero-order valence-corrected chi connectivity index (χ0v) is 14.0. The van der Waals surface area contributed by atoms with Crippen LogP contribution in [0.5, 0.6) is 0 Å². The molecule has 118 valence electrons. The summed E-state index contributed by atoms with van der Waals surface area (Å²) in [4.78, 5) is 16.7. The molecule has 6 heteroatoms. The molecule has 1 aromatic rings. The third-order valence-corrected chi connectivity index (χ3v) is 3.93. The summed E-state index contributed by atoms with van der Waals surface area (Å²) in [5.41, 5.74) is 1.53. The molecule has 1 rings (SSSR count). The summed E-state index contributed by atoms with van der Waals surface area (Å²) >= 11 is 0. The number of nitrogens with zero attached hydrogens (tertiary/aromatic N) is 1. The number of aryl methyl sites for hydroxylation is 1. The lowest BCUT2D eigenvalue weighted by Crippen LogP contribution is -2.33. The molecule has 0 aromatic carbocycles. The van der Waals surface area contributed by atoms with Crippen molar-refractivity contribution >= 4 is 22.5 Å². The van der Waals surface area contributed by atoms with Crippen molar-refractivity contribution in [1.82, 2.24) is 10.3 Å². The van der Waals surface area contributed by atoms with Gasteiger partial charge in [0.05, 0.1) is 0 Å². The van der Waals surface area contributed by atoms with Gasteiger partial charge in [-0.25, -0.2) is 4.98 Å². The molecule has 0 aliphatic rings. The van der Waals surface area contributed by atoms with Crippen LogP contribution >= 0.6 is 0 Å². The molecule has 1 heterocycles. The fraction of sp³-hybridized carbons (Fsp3) is 0.600. The number of pyridine rings is 1. The van der Waals surface area contributed by atoms with Crippen molar-refractivity contribution in [3.8, 4) is 0 Å². The fourth-order valence-corrected chi connectivity index (χ4v) is 2.64. The zero-order valence-electron chi connectivity index (χ0n) is 13.2. The van der Waals surface area contributed by atoms with Crippen LogP contribution in [0.4, 0.5) is 5.82 Å². The largest absolute Gasteiger partial charge is 0.373 e. The summed E-state index contributed by atoms with van der Waals surface area (Å²) in [6.07, 6.45) is 4.22. The summed E-state index contributed by atoms with van der Waals surface area (Å²) in [5.74, 6) is 1.19. The summed E-state index contributed by atoms with van der Waals surface area (Å²) in [7, 11) is 0.962. The van der Waals surface area contributed by atoms with Crippen LogP contribution < -0.4 is 10.6 Å². The van der Waals surface area contributed by atoms with E-state index in [0.29, 0.717) is 23.6 Å². The Morgan fingerprint density at radius 2 is 2.14 bits per heavy atom. The first-order chi connectivity index (χ1) is 9.96. The monoisotopic (exact) mass is 311 g/mol. The Kier molecular flexibility index (Phi) is 7.36. The molecule has 0 aliphatic heterocycles. The van der Waals surface area contributed by atoms with Gasteiger partial charge in [-0.15, -0.1) is 0 Å². The predicted molar refractivity (Wildman–Crippen MR) is 88.3 cm³/mol. The molecule has 0 saturated heterocycles. The average Bonchev–Trinajstić information content (AvgIpc) is 2.45. The Morgan fingerprint density at radius 3 is 2.71 bits per heavy atom. The Bertz CT molecular complexity index is 506. The number of amides is 1. The van der Waals surface area contributed by atoms with Crippen molar-refractivity contribution in [1.29, 1.82) is 0 Å². The van der Waals surface area contributed by atoms with E-state index in [1.807, 2.05) is 13.0 Å². The molecule has 21 heavy (non-hydrogen) atoms. The van der Waals surface area contributed by atoms with Gasteiger partial charge >= 0.3 is 0 Å². The standard InChI is InChI=1S/C15H25N3O2S/c1-5-6-13-9-12(10-14(16-3)18-13)15(19)17-11(2)7-8-21(4)20/h9-11H,5-8H2,1-4H3,(H,16,18)(H,17,19). The van der Waals surface area contributed by atoms with Gasteiger partial charge in [-0.05, 0) is 31.9 Å². The molecule has 2 atom stereocenters. The van der Waals surface area contributed by atoms with Crippen LogP contribution in [0.25, 0.3) is 0 Å². The van der Waals surface area contributed by atoms with Crippen molar-refractivity contribution in [3.05, 3.63) is 23.4 Å². The molecule has 1 amide bonds. The van der Waals surface area contributed by atoms with Crippen molar-refractivity contribution < 1.29 is 9.00 Å². The third-order valence-electron chi connectivity index (χ3n) is 3.12. The van der Waals surface area contributed by atoms with E-state index in [1.54, 1.807) is 19.4 Å². The fourth-order valence-electron chi connectivity index (χ4n) is 1.95. The number of carbonyl (C=O) groups is 1. The molecule has 0 bridgehead atoms. The van der Waals surface area contributed by atoms with Gasteiger partial charge in [-0.3, -0.25) is 9.00 Å². The van der Waals surface area contributed by atoms with E-state index in [0.717, 1.165) is 18.5 Å². The van der Waals surface area contributed by atoms with Crippen molar-refractivity contribution in [2.75, 3.05) is 24.4 Å². The Morgan fingerprint density at radius 1 is 1.43 bits per heavy atom. The van der Waals surface area contributed by atoms with Gasteiger partial charge < -0.3 is 10.6 Å². The van der Waals surface area contributed by atoms with Crippen LogP contribution in [0, 0.1) is 0 Å². The van der Waals surface area contributed by atoms with Crippen LogP contribution in [-0.4, -0.2) is 40.2 Å². The predicted octanol–water partition coefficient (Wildman–Crippen LogP) is 1.96. The minimum atomic E-state index is -0.828. The Balaban J connectivity index is 2.76. The van der Waals surface area contributed by atoms with E-state index in [9.17, 15) is 9.00 Å². The quantitative estimate of drug-likeness (QED) is 0.770. The van der Waals surface area contributed by atoms with Crippen molar-refractivity contribution in [2.45, 2.75) is 39.2 Å². The van der Waals surface area contributed by atoms with Crippen LogP contribution in [0.1, 0.15) is 42.7 Å². The number of anilines is 1. The third kappa shape index (κ3) is 6.25. The summed E-state index contributed by atoms with van der Waals surface area (Å²) in [6.45, 7) is 4.01. The smallest absolute Gasteiger partial charge is 0.251 e. The van der Waals surface area contributed by atoms with Crippen LogP contribution in [0.2, 0.25) is 0 Å². The van der Waals surface area contributed by atoms with E-state index < -0.39 is 10.8 Å². The van der Waals surface area contributed by atoms with E-state index >= 15 is 0 Å². The molecule has 0 aliphatic carbocycles. The maximum absolute atomic E-state index is 12.3. The first-order valence-corrected chi connectivity index (χ1v) is 8.98. The van der Waals surface area contributed by atoms with E-state index in [1.165, 1.54) is 0 Å². The molecule has 2 unspecified atom stereocenters. The summed E-state index contributed by atoms with van der Waals surface area (Å²) in [6, 6.07) is 3.59. The van der Waals surface area contributed by atoms with E-state index in [-0.39, 0.29) is 11.9 Å². The second-order valence-electron chi connectivity index (χ2n) is 5.17. The first-order valence-electron chi connectivity index (χ1n) is 7.25. The molecule has 0 saturated carbocycles. The number of nitrogens with one attached hydrogen (secondary N) is 2. The average molecular weight is 311 g/mol. The number of carbonyl (C=O) groups excluding carboxylic acids is 1. The highest BCUT2D eigenvalue weighted by Crippen LogP contribution is 2.12. The first kappa shape index (κ1) is 17.6. The highest BCUT2D eigenvalue weighted by Gasteiger charge is 2.12. The lowest BCUT2D eigenvalue weighted by atomic mass is 10.1. The molecular formula is C15H25N3O2S. The van der Waals surface area contributed by atoms with E-state index in [4.69, 9.17) is 0 Å².